The van der Waals surface area contributed by atoms with Crippen molar-refractivity contribution in [3.63, 3.8) is 0 Å². The summed E-state index contributed by atoms with van der Waals surface area (Å²) in [6, 6.07) is 4.35. The SMILES string of the molecule is CCCCCC(N)c1cc(F)ccc1OC. The summed E-state index contributed by atoms with van der Waals surface area (Å²) in [5.74, 6) is 0.409. The Balaban J connectivity index is 2.72. The smallest absolute Gasteiger partial charge is 0.123 e. The Morgan fingerprint density at radius 2 is 2.12 bits per heavy atom. The molecule has 1 atom stereocenters. The molecule has 1 aromatic rings. The fourth-order valence-corrected chi connectivity index (χ4v) is 1.76. The predicted octanol–water partition coefficient (Wildman–Crippen LogP) is 3.41. The first-order valence-electron chi connectivity index (χ1n) is 5.78. The van der Waals surface area contributed by atoms with Crippen molar-refractivity contribution < 1.29 is 9.13 Å². The standard InChI is InChI=1S/C13H20FNO/c1-3-4-5-6-12(15)11-9-10(14)7-8-13(11)16-2/h7-9,12H,3-6,15H2,1-2H3. The average molecular weight is 225 g/mol. The van der Waals surface area contributed by atoms with Crippen LogP contribution in [0.15, 0.2) is 18.2 Å². The van der Waals surface area contributed by atoms with Gasteiger partial charge in [0.2, 0.25) is 0 Å². The second-order valence-corrected chi connectivity index (χ2v) is 3.99. The van der Waals surface area contributed by atoms with Gasteiger partial charge in [-0.2, -0.15) is 0 Å². The monoisotopic (exact) mass is 225 g/mol. The van der Waals surface area contributed by atoms with Crippen molar-refractivity contribution in [2.75, 3.05) is 7.11 Å². The van der Waals surface area contributed by atoms with Crippen molar-refractivity contribution >= 4 is 0 Å². The van der Waals surface area contributed by atoms with Gasteiger partial charge in [0.05, 0.1) is 7.11 Å². The second kappa shape index (κ2) is 6.48. The number of hydrogen-bond acceptors (Lipinski definition) is 2. The van der Waals surface area contributed by atoms with Gasteiger partial charge >= 0.3 is 0 Å². The van der Waals surface area contributed by atoms with E-state index in [0.717, 1.165) is 31.2 Å². The molecular weight excluding hydrogens is 205 g/mol. The van der Waals surface area contributed by atoms with Gasteiger partial charge in [0.1, 0.15) is 11.6 Å². The Kier molecular flexibility index (Phi) is 5.26. The molecule has 0 radical (unpaired) electrons. The first kappa shape index (κ1) is 13.0. The zero-order valence-corrected chi connectivity index (χ0v) is 10.0. The maximum Gasteiger partial charge on any atom is 0.123 e. The third-order valence-electron chi connectivity index (χ3n) is 2.71. The van der Waals surface area contributed by atoms with Crippen molar-refractivity contribution in [2.45, 2.75) is 38.6 Å². The van der Waals surface area contributed by atoms with Gasteiger partial charge in [0.15, 0.2) is 0 Å². The number of methoxy groups -OCH3 is 1. The highest BCUT2D eigenvalue weighted by Gasteiger charge is 2.12. The van der Waals surface area contributed by atoms with Crippen LogP contribution < -0.4 is 10.5 Å². The molecule has 1 unspecified atom stereocenters. The van der Waals surface area contributed by atoms with Crippen LogP contribution in [0.4, 0.5) is 4.39 Å². The molecule has 0 aliphatic rings. The molecule has 0 aromatic heterocycles. The maximum atomic E-state index is 13.1. The van der Waals surface area contributed by atoms with E-state index in [1.54, 1.807) is 13.2 Å². The number of unbranched alkanes of at least 4 members (excludes halogenated alkanes) is 2. The molecule has 90 valence electrons. The summed E-state index contributed by atoms with van der Waals surface area (Å²) in [6.45, 7) is 2.15. The summed E-state index contributed by atoms with van der Waals surface area (Å²) in [5.41, 5.74) is 6.80. The zero-order chi connectivity index (χ0) is 12.0. The summed E-state index contributed by atoms with van der Waals surface area (Å²) >= 11 is 0. The highest BCUT2D eigenvalue weighted by molar-refractivity contribution is 5.36. The van der Waals surface area contributed by atoms with Gasteiger partial charge < -0.3 is 10.5 Å². The molecule has 0 amide bonds. The van der Waals surface area contributed by atoms with Crippen molar-refractivity contribution in [1.82, 2.24) is 0 Å². The van der Waals surface area contributed by atoms with Gasteiger partial charge in [-0.1, -0.05) is 26.2 Å². The predicted molar refractivity (Wildman–Crippen MR) is 64.0 cm³/mol. The van der Waals surface area contributed by atoms with E-state index in [0.29, 0.717) is 5.75 Å². The number of hydrogen-bond donors (Lipinski definition) is 1. The summed E-state index contributed by atoms with van der Waals surface area (Å²) < 4.78 is 18.3. The van der Waals surface area contributed by atoms with Crippen LogP contribution in [-0.2, 0) is 0 Å². The third kappa shape index (κ3) is 3.49. The van der Waals surface area contributed by atoms with Crippen LogP contribution in [0.25, 0.3) is 0 Å². The first-order chi connectivity index (χ1) is 7.69. The number of rotatable bonds is 6. The van der Waals surface area contributed by atoms with Crippen LogP contribution in [-0.4, -0.2) is 7.11 Å². The Hall–Kier alpha value is -1.09. The van der Waals surface area contributed by atoms with E-state index in [1.165, 1.54) is 12.1 Å². The molecule has 2 N–H and O–H groups in total. The van der Waals surface area contributed by atoms with E-state index in [4.69, 9.17) is 10.5 Å². The van der Waals surface area contributed by atoms with Crippen LogP contribution in [0.5, 0.6) is 5.75 Å². The van der Waals surface area contributed by atoms with Crippen LogP contribution >= 0.6 is 0 Å². The lowest BCUT2D eigenvalue weighted by Gasteiger charge is -2.15. The van der Waals surface area contributed by atoms with E-state index in [9.17, 15) is 4.39 Å². The van der Waals surface area contributed by atoms with Crippen molar-refractivity contribution in [3.8, 4) is 5.75 Å². The molecule has 16 heavy (non-hydrogen) atoms. The first-order valence-corrected chi connectivity index (χ1v) is 5.78. The number of ether oxygens (including phenoxy) is 1. The lowest BCUT2D eigenvalue weighted by atomic mass is 10.0. The Bertz CT molecular complexity index is 328. The maximum absolute atomic E-state index is 13.1. The number of halogens is 1. The molecule has 0 saturated carbocycles. The van der Waals surface area contributed by atoms with Crippen LogP contribution in [0.1, 0.15) is 44.2 Å². The van der Waals surface area contributed by atoms with Crippen molar-refractivity contribution in [3.05, 3.63) is 29.6 Å². The number of benzene rings is 1. The van der Waals surface area contributed by atoms with E-state index in [-0.39, 0.29) is 11.9 Å². The molecule has 0 aliphatic carbocycles. The minimum absolute atomic E-state index is 0.141. The van der Waals surface area contributed by atoms with E-state index >= 15 is 0 Å². The largest absolute Gasteiger partial charge is 0.496 e. The molecule has 2 nitrogen and oxygen atoms in total. The molecule has 1 aromatic carbocycles. The van der Waals surface area contributed by atoms with Crippen LogP contribution in [0.3, 0.4) is 0 Å². The second-order valence-electron chi connectivity index (χ2n) is 3.99. The molecular formula is C13H20FNO. The minimum Gasteiger partial charge on any atom is -0.496 e. The zero-order valence-electron chi connectivity index (χ0n) is 10.0. The van der Waals surface area contributed by atoms with Crippen molar-refractivity contribution in [1.29, 1.82) is 0 Å². The summed E-state index contributed by atoms with van der Waals surface area (Å²) in [5, 5.41) is 0. The summed E-state index contributed by atoms with van der Waals surface area (Å²) in [4.78, 5) is 0. The Morgan fingerprint density at radius 3 is 2.75 bits per heavy atom. The molecule has 0 aliphatic heterocycles. The molecule has 1 rings (SSSR count). The van der Waals surface area contributed by atoms with Gasteiger partial charge in [-0.15, -0.1) is 0 Å². The summed E-state index contributed by atoms with van der Waals surface area (Å²) in [6.07, 6.45) is 4.25. The minimum atomic E-state index is -0.262. The van der Waals surface area contributed by atoms with Gasteiger partial charge in [0.25, 0.3) is 0 Å². The molecule has 0 bridgehead atoms. The fourth-order valence-electron chi connectivity index (χ4n) is 1.76. The molecule has 0 fully saturated rings. The van der Waals surface area contributed by atoms with Gasteiger partial charge in [-0.25, -0.2) is 4.39 Å². The van der Waals surface area contributed by atoms with E-state index < -0.39 is 0 Å². The molecule has 0 spiro atoms. The number of nitrogens with two attached hydrogens (primary N) is 1. The average Bonchev–Trinajstić information content (AvgIpc) is 2.29. The van der Waals surface area contributed by atoms with Crippen LogP contribution in [0, 0.1) is 5.82 Å². The lowest BCUT2D eigenvalue weighted by molar-refractivity contribution is 0.401. The summed E-state index contributed by atoms with van der Waals surface area (Å²) in [7, 11) is 1.58. The van der Waals surface area contributed by atoms with Crippen LogP contribution in [0.2, 0.25) is 0 Å². The topological polar surface area (TPSA) is 35.2 Å². The normalized spacial score (nSPS) is 12.5. The van der Waals surface area contributed by atoms with E-state index in [2.05, 4.69) is 6.92 Å². The van der Waals surface area contributed by atoms with E-state index in [1.807, 2.05) is 0 Å². The van der Waals surface area contributed by atoms with Gasteiger partial charge in [-0.3, -0.25) is 0 Å². The highest BCUT2D eigenvalue weighted by Crippen LogP contribution is 2.27. The van der Waals surface area contributed by atoms with Gasteiger partial charge in [-0.05, 0) is 24.6 Å². The Labute approximate surface area is 96.6 Å². The fraction of sp³-hybridized carbons (Fsp3) is 0.538. The highest BCUT2D eigenvalue weighted by atomic mass is 19.1. The lowest BCUT2D eigenvalue weighted by Crippen LogP contribution is -2.11. The Morgan fingerprint density at radius 1 is 1.38 bits per heavy atom. The molecule has 0 heterocycles. The quantitative estimate of drug-likeness (QED) is 0.753. The molecule has 3 heteroatoms. The van der Waals surface area contributed by atoms with Crippen molar-refractivity contribution in [2.24, 2.45) is 5.73 Å². The van der Waals surface area contributed by atoms with Gasteiger partial charge in [0, 0.05) is 11.6 Å². The molecule has 0 saturated heterocycles. The third-order valence-corrected chi connectivity index (χ3v) is 2.71.